The number of para-hydroxylation sites is 1. The number of rotatable bonds is 5. The lowest BCUT2D eigenvalue weighted by Crippen LogP contribution is -2.41. The van der Waals surface area contributed by atoms with Gasteiger partial charge in [0.1, 0.15) is 11.6 Å². The van der Waals surface area contributed by atoms with Crippen molar-refractivity contribution in [3.8, 4) is 5.69 Å². The van der Waals surface area contributed by atoms with E-state index in [-0.39, 0.29) is 35.7 Å². The van der Waals surface area contributed by atoms with Crippen molar-refractivity contribution in [1.82, 2.24) is 18.7 Å². The van der Waals surface area contributed by atoms with Crippen LogP contribution in [0.4, 0.5) is 8.78 Å². The van der Waals surface area contributed by atoms with Crippen molar-refractivity contribution in [2.24, 2.45) is 5.92 Å². The Balaban J connectivity index is 2.02. The number of benzene rings is 2. The van der Waals surface area contributed by atoms with E-state index in [2.05, 4.69) is 4.98 Å². The first-order chi connectivity index (χ1) is 14.8. The van der Waals surface area contributed by atoms with Crippen LogP contribution in [0.3, 0.4) is 0 Å². The lowest BCUT2D eigenvalue weighted by atomic mass is 10.2. The third kappa shape index (κ3) is 3.79. The van der Waals surface area contributed by atoms with Gasteiger partial charge in [-0.1, -0.05) is 43.6 Å². The summed E-state index contributed by atoms with van der Waals surface area (Å²) in [6.45, 7) is 3.91. The van der Waals surface area contributed by atoms with Gasteiger partial charge in [-0.3, -0.25) is 9.36 Å². The van der Waals surface area contributed by atoms with Crippen LogP contribution in [0.25, 0.3) is 16.9 Å². The molecule has 0 spiro atoms. The van der Waals surface area contributed by atoms with Gasteiger partial charge < -0.3 is 4.57 Å². The molecule has 31 heavy (non-hydrogen) atoms. The van der Waals surface area contributed by atoms with Crippen molar-refractivity contribution in [2.75, 3.05) is 0 Å². The molecule has 0 aliphatic heterocycles. The Kier molecular flexibility index (Phi) is 5.49. The Bertz CT molecular complexity index is 1410. The summed E-state index contributed by atoms with van der Waals surface area (Å²) in [7, 11) is 0. The number of fused-ring (bicyclic) bond motifs is 1. The first-order valence-electron chi connectivity index (χ1n) is 9.67. The van der Waals surface area contributed by atoms with Crippen LogP contribution in [0.2, 0.25) is 5.02 Å². The summed E-state index contributed by atoms with van der Waals surface area (Å²) in [6, 6.07) is 9.99. The molecule has 0 unspecified atom stereocenters. The van der Waals surface area contributed by atoms with Gasteiger partial charge >= 0.3 is 5.69 Å². The highest BCUT2D eigenvalue weighted by atomic mass is 35.5. The maximum atomic E-state index is 14.2. The maximum Gasteiger partial charge on any atom is 0.337 e. The van der Waals surface area contributed by atoms with Crippen LogP contribution >= 0.6 is 11.6 Å². The average Bonchev–Trinajstić information content (AvgIpc) is 3.12. The van der Waals surface area contributed by atoms with Gasteiger partial charge in [0.2, 0.25) is 0 Å². The predicted molar refractivity (Wildman–Crippen MR) is 115 cm³/mol. The molecule has 0 bridgehead atoms. The van der Waals surface area contributed by atoms with E-state index in [1.165, 1.54) is 21.5 Å². The monoisotopic (exact) mass is 444 g/mol. The normalized spacial score (nSPS) is 11.5. The van der Waals surface area contributed by atoms with Crippen molar-refractivity contribution in [3.05, 3.63) is 91.9 Å². The minimum atomic E-state index is -0.733. The summed E-state index contributed by atoms with van der Waals surface area (Å²) in [5, 5.41) is 0.319. The highest BCUT2D eigenvalue weighted by Gasteiger charge is 2.21. The first-order valence-corrected chi connectivity index (χ1v) is 10.0. The second-order valence-corrected chi connectivity index (χ2v) is 8.07. The maximum absolute atomic E-state index is 14.2. The molecule has 4 rings (SSSR count). The van der Waals surface area contributed by atoms with Gasteiger partial charge in [0.25, 0.3) is 5.56 Å². The smallest absolute Gasteiger partial charge is 0.320 e. The summed E-state index contributed by atoms with van der Waals surface area (Å²) in [6.07, 6.45) is 1.36. The van der Waals surface area contributed by atoms with Crippen LogP contribution < -0.4 is 11.2 Å². The highest BCUT2D eigenvalue weighted by molar-refractivity contribution is 6.32. The molecule has 0 fully saturated rings. The van der Waals surface area contributed by atoms with Gasteiger partial charge in [-0.15, -0.1) is 0 Å². The molecule has 2 aromatic heterocycles. The number of aromatic nitrogens is 4. The molecular weight excluding hydrogens is 426 g/mol. The van der Waals surface area contributed by atoms with Crippen LogP contribution in [-0.4, -0.2) is 18.7 Å². The molecule has 2 aromatic carbocycles. The molecule has 9 heteroatoms. The van der Waals surface area contributed by atoms with Crippen LogP contribution in [0.15, 0.2) is 58.4 Å². The van der Waals surface area contributed by atoms with Gasteiger partial charge in [-0.25, -0.2) is 23.1 Å². The van der Waals surface area contributed by atoms with Crippen molar-refractivity contribution >= 4 is 22.8 Å². The van der Waals surface area contributed by atoms with E-state index in [4.69, 9.17) is 11.6 Å². The minimum Gasteiger partial charge on any atom is -0.320 e. The summed E-state index contributed by atoms with van der Waals surface area (Å²) in [5.74, 6) is -1.40. The van der Waals surface area contributed by atoms with Crippen LogP contribution in [0, 0.1) is 17.6 Å². The molecule has 0 saturated heterocycles. The zero-order valence-electron chi connectivity index (χ0n) is 16.8. The summed E-state index contributed by atoms with van der Waals surface area (Å²) < 4.78 is 31.4. The molecule has 2 heterocycles. The Labute approximate surface area is 181 Å². The van der Waals surface area contributed by atoms with Crippen molar-refractivity contribution < 1.29 is 8.78 Å². The molecule has 4 aromatic rings. The fourth-order valence-electron chi connectivity index (χ4n) is 3.51. The van der Waals surface area contributed by atoms with Gasteiger partial charge in [-0.2, -0.15) is 0 Å². The number of hydrogen-bond donors (Lipinski definition) is 0. The zero-order chi connectivity index (χ0) is 22.3. The average molecular weight is 445 g/mol. The van der Waals surface area contributed by atoms with E-state index < -0.39 is 22.9 Å². The lowest BCUT2D eigenvalue weighted by molar-refractivity contribution is 0.488. The SMILES string of the molecule is CC(C)Cn1c(=O)c2c(ncn2Cc2ccc(F)cc2F)n(-c2ccccc2Cl)c1=O. The zero-order valence-corrected chi connectivity index (χ0v) is 17.6. The highest BCUT2D eigenvalue weighted by Crippen LogP contribution is 2.22. The van der Waals surface area contributed by atoms with E-state index in [0.717, 1.165) is 16.7 Å². The van der Waals surface area contributed by atoms with Crippen LogP contribution in [0.1, 0.15) is 19.4 Å². The number of hydrogen-bond acceptors (Lipinski definition) is 3. The molecule has 0 aliphatic rings. The van der Waals surface area contributed by atoms with Gasteiger partial charge in [0, 0.05) is 18.2 Å². The third-order valence-corrected chi connectivity index (χ3v) is 5.22. The molecule has 0 saturated carbocycles. The van der Waals surface area contributed by atoms with Crippen LogP contribution in [-0.2, 0) is 13.1 Å². The molecule has 160 valence electrons. The fourth-order valence-corrected chi connectivity index (χ4v) is 3.73. The molecule has 0 amide bonds. The summed E-state index contributed by atoms with van der Waals surface area (Å²) in [4.78, 5) is 30.8. The number of halogens is 3. The Morgan fingerprint density at radius 2 is 1.84 bits per heavy atom. The molecule has 0 N–H and O–H groups in total. The number of nitrogens with zero attached hydrogens (tertiary/aromatic N) is 4. The van der Waals surface area contributed by atoms with Crippen molar-refractivity contribution in [1.29, 1.82) is 0 Å². The van der Waals surface area contributed by atoms with Crippen molar-refractivity contribution in [2.45, 2.75) is 26.9 Å². The molecule has 6 nitrogen and oxygen atoms in total. The van der Waals surface area contributed by atoms with E-state index in [0.29, 0.717) is 10.7 Å². The minimum absolute atomic E-state index is 0.0217. The third-order valence-electron chi connectivity index (χ3n) is 4.90. The van der Waals surface area contributed by atoms with Gasteiger partial charge in [0.15, 0.2) is 11.2 Å². The van der Waals surface area contributed by atoms with E-state index >= 15 is 0 Å². The molecular formula is C22H19ClF2N4O2. The fraction of sp³-hybridized carbons (Fsp3) is 0.227. The molecule has 0 atom stereocenters. The second-order valence-electron chi connectivity index (χ2n) is 7.66. The summed E-state index contributed by atoms with van der Waals surface area (Å²) >= 11 is 6.33. The van der Waals surface area contributed by atoms with Gasteiger partial charge in [-0.05, 0) is 24.1 Å². The summed E-state index contributed by atoms with van der Waals surface area (Å²) in [5.41, 5.74) is -0.273. The molecule has 0 radical (unpaired) electrons. The topological polar surface area (TPSA) is 61.8 Å². The standard InChI is InChI=1S/C22H19ClF2N4O2/c1-13(2)10-28-21(30)19-20(29(22(28)31)18-6-4-3-5-16(18)23)26-12-27(19)11-14-7-8-15(24)9-17(14)25/h3-9,12-13H,10-11H2,1-2H3. The Hall–Kier alpha value is -3.26. The van der Waals surface area contributed by atoms with Crippen LogP contribution in [0.5, 0.6) is 0 Å². The second kappa shape index (κ2) is 8.11. The molecule has 0 aliphatic carbocycles. The predicted octanol–water partition coefficient (Wildman–Crippen LogP) is 3.98. The quantitative estimate of drug-likeness (QED) is 0.467. The lowest BCUT2D eigenvalue weighted by Gasteiger charge is -2.15. The Morgan fingerprint density at radius 3 is 2.52 bits per heavy atom. The first kappa shape index (κ1) is 21.0. The van der Waals surface area contributed by atoms with Gasteiger partial charge in [0.05, 0.1) is 23.6 Å². The van der Waals surface area contributed by atoms with E-state index in [1.807, 2.05) is 13.8 Å². The van der Waals surface area contributed by atoms with Crippen molar-refractivity contribution in [3.63, 3.8) is 0 Å². The van der Waals surface area contributed by atoms with E-state index in [9.17, 15) is 18.4 Å². The number of imidazole rings is 1. The Morgan fingerprint density at radius 1 is 1.10 bits per heavy atom. The largest absolute Gasteiger partial charge is 0.337 e. The van der Waals surface area contributed by atoms with E-state index in [1.54, 1.807) is 24.3 Å².